The van der Waals surface area contributed by atoms with Gasteiger partial charge in [0.1, 0.15) is 16.5 Å². The number of rotatable bonds is 4. The molecule has 26 heavy (non-hydrogen) atoms. The third kappa shape index (κ3) is 3.19. The molecular weight excluding hydrogens is 369 g/mol. The summed E-state index contributed by atoms with van der Waals surface area (Å²) in [5.41, 5.74) is 7.98. The first-order chi connectivity index (χ1) is 12.5. The molecule has 0 fully saturated rings. The molecule has 1 aliphatic rings. The van der Waals surface area contributed by atoms with Crippen molar-refractivity contribution in [1.29, 1.82) is 0 Å². The highest BCUT2D eigenvalue weighted by molar-refractivity contribution is 7.98. The minimum Gasteiger partial charge on any atom is -0.383 e. The number of thioether (sulfide) groups is 1. The van der Waals surface area contributed by atoms with Crippen LogP contribution in [0.5, 0.6) is 0 Å². The lowest BCUT2D eigenvalue weighted by atomic mass is 9.90. The summed E-state index contributed by atoms with van der Waals surface area (Å²) in [6.07, 6.45) is 1.77. The fourth-order valence-electron chi connectivity index (χ4n) is 3.13. The Kier molecular flexibility index (Phi) is 4.62. The molecule has 7 heteroatoms. The van der Waals surface area contributed by atoms with Crippen molar-refractivity contribution in [2.75, 3.05) is 5.73 Å². The smallest absolute Gasteiger partial charge is 0.191 e. The molecule has 4 nitrogen and oxygen atoms in total. The molecule has 1 atom stereocenters. The van der Waals surface area contributed by atoms with E-state index in [0.29, 0.717) is 28.9 Å². The predicted octanol–water partition coefficient (Wildman–Crippen LogP) is 4.95. The van der Waals surface area contributed by atoms with Crippen molar-refractivity contribution in [3.8, 4) is 0 Å². The normalized spacial score (nSPS) is 19.7. The van der Waals surface area contributed by atoms with Crippen molar-refractivity contribution in [2.24, 2.45) is 0 Å². The van der Waals surface area contributed by atoms with Crippen LogP contribution in [0.1, 0.15) is 36.3 Å². The summed E-state index contributed by atoms with van der Waals surface area (Å²) in [5.74, 6) is 0.764. The number of nitrogens with zero attached hydrogens (tertiary/aromatic N) is 2. The van der Waals surface area contributed by atoms with Gasteiger partial charge in [-0.2, -0.15) is 0 Å². The number of fused-ring (bicyclic) bond motifs is 3. The number of nitrogens with two attached hydrogens (primary N) is 1. The molecule has 1 aliphatic heterocycles. The SMILES string of the molecule is CC[C@@]1(C)Cc2c(sc3nc(SCc4ccccc4F)nc(N)c23)CO1. The average molecular weight is 390 g/mol. The van der Waals surface area contributed by atoms with E-state index in [1.165, 1.54) is 28.3 Å². The number of benzene rings is 1. The van der Waals surface area contributed by atoms with Crippen molar-refractivity contribution in [1.82, 2.24) is 9.97 Å². The van der Waals surface area contributed by atoms with E-state index in [2.05, 4.69) is 23.8 Å². The number of nitrogen functional groups attached to an aromatic ring is 1. The molecule has 0 spiro atoms. The molecule has 0 bridgehead atoms. The molecule has 0 saturated carbocycles. The Morgan fingerprint density at radius 2 is 2.15 bits per heavy atom. The van der Waals surface area contributed by atoms with Crippen LogP contribution in [0.3, 0.4) is 0 Å². The van der Waals surface area contributed by atoms with Gasteiger partial charge in [-0.15, -0.1) is 11.3 Å². The zero-order valence-corrected chi connectivity index (χ0v) is 16.3. The maximum atomic E-state index is 13.8. The molecule has 3 aromatic rings. The Bertz CT molecular complexity index is 975. The van der Waals surface area contributed by atoms with Crippen molar-refractivity contribution in [3.05, 3.63) is 46.1 Å². The molecule has 2 aromatic heterocycles. The fourth-order valence-corrected chi connectivity index (χ4v) is 5.14. The first-order valence-corrected chi connectivity index (χ1v) is 10.4. The topological polar surface area (TPSA) is 61.0 Å². The van der Waals surface area contributed by atoms with Crippen LogP contribution in [-0.4, -0.2) is 15.6 Å². The summed E-state index contributed by atoms with van der Waals surface area (Å²) < 4.78 is 19.8. The van der Waals surface area contributed by atoms with Crippen LogP contribution in [-0.2, 0) is 23.5 Å². The van der Waals surface area contributed by atoms with Crippen molar-refractivity contribution in [3.63, 3.8) is 0 Å². The number of anilines is 1. The number of ether oxygens (including phenoxy) is 1. The summed E-state index contributed by atoms with van der Waals surface area (Å²) in [6, 6.07) is 6.76. The lowest BCUT2D eigenvalue weighted by Crippen LogP contribution is -2.33. The molecule has 1 aromatic carbocycles. The second-order valence-electron chi connectivity index (χ2n) is 6.72. The Balaban J connectivity index is 1.65. The first-order valence-electron chi connectivity index (χ1n) is 8.57. The van der Waals surface area contributed by atoms with Crippen molar-refractivity contribution < 1.29 is 9.13 Å². The van der Waals surface area contributed by atoms with Gasteiger partial charge < -0.3 is 10.5 Å². The summed E-state index contributed by atoms with van der Waals surface area (Å²) in [6.45, 7) is 4.86. The lowest BCUT2D eigenvalue weighted by Gasteiger charge is -2.33. The third-order valence-electron chi connectivity index (χ3n) is 4.91. The molecule has 0 saturated heterocycles. The summed E-state index contributed by atoms with van der Waals surface area (Å²) in [7, 11) is 0. The van der Waals surface area contributed by atoms with Gasteiger partial charge in [0.15, 0.2) is 5.16 Å². The van der Waals surface area contributed by atoms with Gasteiger partial charge in [0.2, 0.25) is 0 Å². The molecule has 3 heterocycles. The van der Waals surface area contributed by atoms with E-state index < -0.39 is 0 Å². The van der Waals surface area contributed by atoms with Gasteiger partial charge in [-0.3, -0.25) is 0 Å². The van der Waals surface area contributed by atoms with E-state index in [1.807, 2.05) is 6.07 Å². The Morgan fingerprint density at radius 1 is 1.35 bits per heavy atom. The predicted molar refractivity (Wildman–Crippen MR) is 105 cm³/mol. The average Bonchev–Trinajstić information content (AvgIpc) is 2.99. The molecule has 0 aliphatic carbocycles. The zero-order valence-electron chi connectivity index (χ0n) is 14.7. The Morgan fingerprint density at radius 3 is 2.92 bits per heavy atom. The minimum absolute atomic E-state index is 0.161. The third-order valence-corrected chi connectivity index (χ3v) is 6.90. The fraction of sp³-hybridized carbons (Fsp3) is 0.368. The number of halogens is 1. The highest BCUT2D eigenvalue weighted by atomic mass is 32.2. The van der Waals surface area contributed by atoms with Crippen LogP contribution in [0, 0.1) is 5.82 Å². The summed E-state index contributed by atoms with van der Waals surface area (Å²) in [4.78, 5) is 11.2. The standard InChI is InChI=1S/C19H20FN3OS2/c1-3-19(2)8-12-14(9-24-19)26-17-15(12)16(21)22-18(23-17)25-10-11-6-4-5-7-13(11)20/h4-7H,3,8-10H2,1-2H3,(H2,21,22,23)/t19-/m0/s1. The van der Waals surface area contributed by atoms with E-state index in [-0.39, 0.29) is 11.4 Å². The molecule has 4 rings (SSSR count). The van der Waals surface area contributed by atoms with E-state index in [4.69, 9.17) is 10.5 Å². The van der Waals surface area contributed by atoms with Gasteiger partial charge in [-0.05, 0) is 30.5 Å². The van der Waals surface area contributed by atoms with E-state index in [0.717, 1.165) is 23.1 Å². The second-order valence-corrected chi connectivity index (χ2v) is 8.75. The first kappa shape index (κ1) is 17.7. The van der Waals surface area contributed by atoms with Gasteiger partial charge in [0, 0.05) is 17.1 Å². The van der Waals surface area contributed by atoms with Crippen molar-refractivity contribution in [2.45, 2.75) is 49.8 Å². The molecule has 0 amide bonds. The Labute approximate surface area is 160 Å². The van der Waals surface area contributed by atoms with E-state index in [1.54, 1.807) is 23.5 Å². The molecule has 136 valence electrons. The van der Waals surface area contributed by atoms with Crippen LogP contribution >= 0.6 is 23.1 Å². The van der Waals surface area contributed by atoms with Crippen molar-refractivity contribution >= 4 is 39.1 Å². The largest absolute Gasteiger partial charge is 0.383 e. The van der Waals surface area contributed by atoms with Gasteiger partial charge >= 0.3 is 0 Å². The number of thiophene rings is 1. The van der Waals surface area contributed by atoms with Gasteiger partial charge in [-0.25, -0.2) is 14.4 Å². The number of hydrogen-bond donors (Lipinski definition) is 1. The second kappa shape index (κ2) is 6.79. The van der Waals surface area contributed by atoms with Crippen LogP contribution < -0.4 is 5.73 Å². The lowest BCUT2D eigenvalue weighted by molar-refractivity contribution is -0.0542. The maximum Gasteiger partial charge on any atom is 0.191 e. The van der Waals surface area contributed by atoms with Gasteiger partial charge in [0.25, 0.3) is 0 Å². The monoisotopic (exact) mass is 389 g/mol. The minimum atomic E-state index is -0.211. The molecular formula is C19H20FN3OS2. The number of aromatic nitrogens is 2. The van der Waals surface area contributed by atoms with Crippen LogP contribution in [0.2, 0.25) is 0 Å². The zero-order chi connectivity index (χ0) is 18.3. The maximum absolute atomic E-state index is 13.8. The van der Waals surface area contributed by atoms with Gasteiger partial charge in [0.05, 0.1) is 17.6 Å². The summed E-state index contributed by atoms with van der Waals surface area (Å²) >= 11 is 3.02. The van der Waals surface area contributed by atoms with Crippen LogP contribution in [0.4, 0.5) is 10.2 Å². The quantitative estimate of drug-likeness (QED) is 0.505. The molecule has 0 unspecified atom stereocenters. The number of hydrogen-bond acceptors (Lipinski definition) is 6. The molecule has 2 N–H and O–H groups in total. The van der Waals surface area contributed by atoms with Crippen LogP contribution in [0.25, 0.3) is 10.2 Å². The van der Waals surface area contributed by atoms with Gasteiger partial charge in [-0.1, -0.05) is 36.9 Å². The van der Waals surface area contributed by atoms with E-state index >= 15 is 0 Å². The van der Waals surface area contributed by atoms with Crippen LogP contribution in [0.15, 0.2) is 29.4 Å². The molecule has 0 radical (unpaired) electrons. The highest BCUT2D eigenvalue weighted by Gasteiger charge is 2.33. The van der Waals surface area contributed by atoms with E-state index in [9.17, 15) is 4.39 Å². The Hall–Kier alpha value is -1.70. The summed E-state index contributed by atoms with van der Waals surface area (Å²) in [5, 5.41) is 1.54. The highest BCUT2D eigenvalue weighted by Crippen LogP contribution is 2.41.